The molecule has 34 heavy (non-hydrogen) atoms. The molecule has 0 amide bonds. The van der Waals surface area contributed by atoms with Crippen LogP contribution in [0.25, 0.3) is 0 Å². The smallest absolute Gasteiger partial charge is 0.284 e. The first-order chi connectivity index (χ1) is 16.2. The van der Waals surface area contributed by atoms with Crippen LogP contribution >= 0.6 is 0 Å². The van der Waals surface area contributed by atoms with E-state index in [0.29, 0.717) is 18.2 Å². The Hall–Kier alpha value is -3.02. The number of hydrogen-bond donors (Lipinski definition) is 2. The third-order valence-corrected chi connectivity index (χ3v) is 5.73. The lowest BCUT2D eigenvalue weighted by atomic mass is 10.0. The summed E-state index contributed by atoms with van der Waals surface area (Å²) in [5.74, 6) is 1.02. The number of aromatic amines is 1. The molecular weight excluding hydrogens is 426 g/mol. The molecule has 0 aromatic carbocycles. The number of nitrogens with zero attached hydrogens (tertiary/aromatic N) is 3. The highest BCUT2D eigenvalue weighted by Crippen LogP contribution is 2.32. The van der Waals surface area contributed by atoms with Gasteiger partial charge in [0.1, 0.15) is 0 Å². The molecule has 2 rings (SSSR count). The highest BCUT2D eigenvalue weighted by molar-refractivity contribution is 5.67. The standard InChI is InChI=1S/C27H40N5O2/c1-20(2)11-8-12-21(3)13-9-14-22(4)15-10-16-23(5)17-18-32-19-31(6)26-24(32)25(30-34-7)28-27(33)29-26/h11,13,15,17H,8-10,12,14,16,18H2,1-7H3,(H-,28,29,30,33)/q+1/p+1/b21-13+,22-15+,23-17+. The van der Waals surface area contributed by atoms with Crippen molar-refractivity contribution in [2.75, 3.05) is 26.2 Å². The average molecular weight is 468 g/mol. The maximum atomic E-state index is 11.8. The second-order valence-electron chi connectivity index (χ2n) is 9.21. The zero-order valence-corrected chi connectivity index (χ0v) is 21.9. The summed E-state index contributed by atoms with van der Waals surface area (Å²) >= 11 is 0. The van der Waals surface area contributed by atoms with Crippen LogP contribution in [-0.4, -0.2) is 45.8 Å². The van der Waals surface area contributed by atoms with E-state index in [-0.39, 0.29) is 0 Å². The topological polar surface area (TPSA) is 73.0 Å². The van der Waals surface area contributed by atoms with E-state index in [4.69, 9.17) is 4.84 Å². The van der Waals surface area contributed by atoms with E-state index < -0.39 is 5.69 Å². The predicted molar refractivity (Wildman–Crippen MR) is 140 cm³/mol. The van der Waals surface area contributed by atoms with Gasteiger partial charge in [-0.3, -0.25) is 9.82 Å². The second kappa shape index (κ2) is 13.6. The molecule has 7 heteroatoms. The lowest BCUT2D eigenvalue weighted by Crippen LogP contribution is -2.17. The van der Waals surface area contributed by atoms with Gasteiger partial charge >= 0.3 is 23.2 Å². The molecule has 0 fully saturated rings. The SMILES string of the molecule is CONc1[nH]c(=O)nc2c1[N+](C/C=C(\C)CC/C=C(\C)CC/C=C(\C)CCC=C(C)C)=C=[N+]2C. The van der Waals surface area contributed by atoms with Gasteiger partial charge in [-0.2, -0.15) is 0 Å². The van der Waals surface area contributed by atoms with E-state index >= 15 is 0 Å². The molecule has 1 aliphatic rings. The van der Waals surface area contributed by atoms with E-state index in [9.17, 15) is 4.79 Å². The molecule has 1 aliphatic heterocycles. The molecule has 0 spiro atoms. The summed E-state index contributed by atoms with van der Waals surface area (Å²) in [7, 11) is 3.33. The normalized spacial score (nSPS) is 14.0. The zero-order valence-electron chi connectivity index (χ0n) is 21.9. The van der Waals surface area contributed by atoms with Crippen molar-refractivity contribution < 1.29 is 14.0 Å². The molecular formula is C27H41N5O2+2. The average Bonchev–Trinajstić information content (AvgIpc) is 3.07. The fourth-order valence-electron chi connectivity index (χ4n) is 3.77. The van der Waals surface area contributed by atoms with Crippen LogP contribution in [-0.2, 0) is 4.84 Å². The van der Waals surface area contributed by atoms with Crippen LogP contribution in [0.5, 0.6) is 0 Å². The third-order valence-electron chi connectivity index (χ3n) is 5.73. The van der Waals surface area contributed by atoms with Gasteiger partial charge in [0.2, 0.25) is 5.82 Å². The Morgan fingerprint density at radius 2 is 1.53 bits per heavy atom. The Bertz CT molecular complexity index is 1110. The number of allylic oxidation sites excluding steroid dienone is 7. The van der Waals surface area contributed by atoms with Gasteiger partial charge in [-0.15, -0.1) is 4.98 Å². The van der Waals surface area contributed by atoms with Crippen LogP contribution in [0.2, 0.25) is 0 Å². The maximum Gasteiger partial charge on any atom is 0.491 e. The first-order valence-electron chi connectivity index (χ1n) is 12.0. The lowest BCUT2D eigenvalue weighted by molar-refractivity contribution is -0.446. The molecule has 2 N–H and O–H groups in total. The van der Waals surface area contributed by atoms with Gasteiger partial charge in [0, 0.05) is 0 Å². The Labute approximate surface area is 203 Å². The first-order valence-corrected chi connectivity index (χ1v) is 12.0. The molecule has 7 nitrogen and oxygen atoms in total. The summed E-state index contributed by atoms with van der Waals surface area (Å²) in [4.78, 5) is 23.6. The van der Waals surface area contributed by atoms with Crippen molar-refractivity contribution in [1.29, 1.82) is 0 Å². The van der Waals surface area contributed by atoms with E-state index in [1.165, 1.54) is 29.4 Å². The first kappa shape index (κ1) is 27.2. The van der Waals surface area contributed by atoms with Gasteiger partial charge in [-0.05, 0) is 79.2 Å². The summed E-state index contributed by atoms with van der Waals surface area (Å²) in [6, 6.07) is 3.21. The van der Waals surface area contributed by atoms with Crippen molar-refractivity contribution in [2.24, 2.45) is 0 Å². The Balaban J connectivity index is 1.86. The van der Waals surface area contributed by atoms with Gasteiger partial charge in [-0.25, -0.2) is 10.3 Å². The van der Waals surface area contributed by atoms with Gasteiger partial charge < -0.3 is 0 Å². The Morgan fingerprint density at radius 1 is 0.971 bits per heavy atom. The number of nitrogens with one attached hydrogen (secondary N) is 2. The number of aromatic nitrogens is 2. The molecule has 0 atom stereocenters. The number of fused-ring (bicyclic) bond motifs is 1. The van der Waals surface area contributed by atoms with E-state index in [2.05, 4.69) is 80.4 Å². The molecule has 0 saturated heterocycles. The van der Waals surface area contributed by atoms with Crippen molar-refractivity contribution in [2.45, 2.75) is 73.1 Å². The van der Waals surface area contributed by atoms with Gasteiger partial charge in [0.05, 0.1) is 7.11 Å². The van der Waals surface area contributed by atoms with Crippen LogP contribution in [0.1, 0.15) is 73.1 Å². The maximum absolute atomic E-state index is 11.8. The van der Waals surface area contributed by atoms with Gasteiger partial charge in [-0.1, -0.05) is 49.7 Å². The van der Waals surface area contributed by atoms with Crippen molar-refractivity contribution >= 4 is 23.3 Å². The number of anilines is 1. The van der Waals surface area contributed by atoms with Crippen LogP contribution in [0.4, 0.5) is 17.3 Å². The minimum Gasteiger partial charge on any atom is -0.284 e. The number of hydrogen-bond acceptors (Lipinski definition) is 4. The van der Waals surface area contributed by atoms with Crippen LogP contribution in [0.3, 0.4) is 0 Å². The predicted octanol–water partition coefficient (Wildman–Crippen LogP) is 5.99. The highest BCUT2D eigenvalue weighted by Gasteiger charge is 2.37. The third kappa shape index (κ3) is 8.73. The van der Waals surface area contributed by atoms with Crippen LogP contribution in [0.15, 0.2) is 51.4 Å². The van der Waals surface area contributed by atoms with Crippen molar-refractivity contribution in [3.63, 3.8) is 0 Å². The molecule has 0 aliphatic carbocycles. The minimum absolute atomic E-state index is 0.433. The van der Waals surface area contributed by atoms with Gasteiger partial charge in [0.15, 0.2) is 13.6 Å². The molecule has 2 heterocycles. The van der Waals surface area contributed by atoms with Crippen molar-refractivity contribution in [3.8, 4) is 0 Å². The van der Waals surface area contributed by atoms with Crippen molar-refractivity contribution in [1.82, 2.24) is 9.97 Å². The quantitative estimate of drug-likeness (QED) is 0.212. The summed E-state index contributed by atoms with van der Waals surface area (Å²) in [5.41, 5.74) is 8.68. The molecule has 0 bridgehead atoms. The Morgan fingerprint density at radius 3 is 2.09 bits per heavy atom. The monoisotopic (exact) mass is 467 g/mol. The van der Waals surface area contributed by atoms with Gasteiger partial charge in [0.25, 0.3) is 0 Å². The molecule has 0 radical (unpaired) electrons. The zero-order chi connectivity index (χ0) is 25.1. The largest absolute Gasteiger partial charge is 0.491 e. The van der Waals surface area contributed by atoms with E-state index in [1.807, 2.05) is 11.6 Å². The van der Waals surface area contributed by atoms with Crippen molar-refractivity contribution in [3.05, 3.63) is 57.1 Å². The molecule has 0 saturated carbocycles. The molecule has 1 aromatic heterocycles. The van der Waals surface area contributed by atoms with Crippen LogP contribution in [0, 0.1) is 0 Å². The fraction of sp³-hybridized carbons (Fsp3) is 0.519. The summed E-state index contributed by atoms with van der Waals surface area (Å²) in [6.45, 7) is 11.6. The van der Waals surface area contributed by atoms with E-state index in [1.54, 1.807) is 4.58 Å². The van der Waals surface area contributed by atoms with Crippen LogP contribution < -0.4 is 11.2 Å². The summed E-state index contributed by atoms with van der Waals surface area (Å²) < 4.78 is 3.65. The summed E-state index contributed by atoms with van der Waals surface area (Å²) in [5, 5.41) is 0. The fourth-order valence-corrected chi connectivity index (χ4v) is 3.77. The Kier molecular flexibility index (Phi) is 10.9. The lowest BCUT2D eigenvalue weighted by Gasteiger charge is -2.03. The number of H-pyrrole nitrogens is 1. The highest BCUT2D eigenvalue weighted by atomic mass is 16.6. The molecule has 1 aromatic rings. The second-order valence-corrected chi connectivity index (χ2v) is 9.21. The molecule has 184 valence electrons. The number of rotatable bonds is 13. The summed E-state index contributed by atoms with van der Waals surface area (Å²) in [6.07, 6.45) is 15.8. The van der Waals surface area contributed by atoms with E-state index in [0.717, 1.165) is 44.2 Å². The molecule has 0 unspecified atom stereocenters. The minimum atomic E-state index is -0.433.